The minimum atomic E-state index is 1.05. The molecule has 0 unspecified atom stereocenters. The van der Waals surface area contributed by atoms with Gasteiger partial charge in [-0.15, -0.1) is 0 Å². The van der Waals surface area contributed by atoms with Gasteiger partial charge >= 0.3 is 0 Å². The normalized spacial score (nSPS) is 30.2. The zero-order valence-corrected chi connectivity index (χ0v) is 15.3. The van der Waals surface area contributed by atoms with E-state index in [0.717, 1.165) is 12.8 Å². The Morgan fingerprint density at radius 1 is 0.192 bits per heavy atom. The standard InChI is InChI=1S/C26H28/c1-2-4-6-8-10-12-14-16-18-20-22-24-26-25-23-21-19-17-15-13-11-9-7-5-3-1/h1-24H,25-26H2/b3-1-,4-2+,7-5+,8-6+,11-9+,12-10+,15-13+,16-14-,19-17-,20-18+,23-21+,24-22?. The summed E-state index contributed by atoms with van der Waals surface area (Å²) in [6.45, 7) is 0. The molecule has 0 spiro atoms. The third-order valence-electron chi connectivity index (χ3n) is 3.11. The van der Waals surface area contributed by atoms with Gasteiger partial charge in [0.15, 0.2) is 0 Å². The zero-order chi connectivity index (χ0) is 18.4. The average molecular weight is 341 g/mol. The van der Waals surface area contributed by atoms with Gasteiger partial charge in [-0.05, 0) is 12.8 Å². The molecule has 0 nitrogen and oxygen atoms in total. The van der Waals surface area contributed by atoms with Crippen LogP contribution in [0.15, 0.2) is 146 Å². The molecule has 26 heavy (non-hydrogen) atoms. The Morgan fingerprint density at radius 3 is 0.538 bits per heavy atom. The summed E-state index contributed by atoms with van der Waals surface area (Å²) in [7, 11) is 0. The van der Waals surface area contributed by atoms with Crippen LogP contribution in [0, 0.1) is 0 Å². The molecular weight excluding hydrogens is 312 g/mol. The van der Waals surface area contributed by atoms with E-state index in [-0.39, 0.29) is 0 Å². The SMILES string of the molecule is C1=CCC/C=C/C=C\C=C\C=C\C=C\C=C/C=C/C=C/C=C/C=C\C=C\1. The Kier molecular flexibility index (Phi) is 14.7. The summed E-state index contributed by atoms with van der Waals surface area (Å²) in [5, 5.41) is 0. The van der Waals surface area contributed by atoms with Crippen LogP contribution in [0.3, 0.4) is 0 Å². The summed E-state index contributed by atoms with van der Waals surface area (Å²) in [5.41, 5.74) is 0. The molecule has 0 aromatic heterocycles. The van der Waals surface area contributed by atoms with Crippen LogP contribution in [0.2, 0.25) is 0 Å². The molecule has 1 rings (SSSR count). The molecule has 0 aromatic rings. The summed E-state index contributed by atoms with van der Waals surface area (Å²) in [4.78, 5) is 0. The minimum absolute atomic E-state index is 1.05. The molecule has 0 heterocycles. The molecule has 0 amide bonds. The maximum atomic E-state index is 2.18. The molecular formula is C26H28. The Balaban J connectivity index is 2.61. The quantitative estimate of drug-likeness (QED) is 0.429. The minimum Gasteiger partial charge on any atom is -0.0842 e. The largest absolute Gasteiger partial charge is 0.0842 e. The predicted octanol–water partition coefficient (Wildman–Crippen LogP) is 7.45. The van der Waals surface area contributed by atoms with Crippen molar-refractivity contribution in [2.45, 2.75) is 12.8 Å². The lowest BCUT2D eigenvalue weighted by molar-refractivity contribution is 1.05. The van der Waals surface area contributed by atoms with Gasteiger partial charge in [-0.3, -0.25) is 0 Å². The van der Waals surface area contributed by atoms with Gasteiger partial charge in [-0.1, -0.05) is 146 Å². The van der Waals surface area contributed by atoms with Crippen molar-refractivity contribution in [1.82, 2.24) is 0 Å². The highest BCUT2D eigenvalue weighted by Gasteiger charge is 1.74. The molecule has 0 saturated heterocycles. The van der Waals surface area contributed by atoms with Gasteiger partial charge in [0, 0.05) is 0 Å². The average Bonchev–Trinajstić information content (AvgIpc) is 2.65. The van der Waals surface area contributed by atoms with E-state index >= 15 is 0 Å². The van der Waals surface area contributed by atoms with Crippen molar-refractivity contribution in [1.29, 1.82) is 0 Å². The second kappa shape index (κ2) is 18.2. The number of allylic oxidation sites excluding steroid dienone is 24. The lowest BCUT2D eigenvalue weighted by Gasteiger charge is -1.84. The van der Waals surface area contributed by atoms with Gasteiger partial charge in [-0.25, -0.2) is 0 Å². The lowest BCUT2D eigenvalue weighted by Crippen LogP contribution is -1.63. The lowest BCUT2D eigenvalue weighted by atomic mass is 10.2. The third-order valence-corrected chi connectivity index (χ3v) is 3.11. The van der Waals surface area contributed by atoms with Gasteiger partial charge in [0.05, 0.1) is 0 Å². The molecule has 1 aliphatic carbocycles. The molecule has 0 atom stereocenters. The van der Waals surface area contributed by atoms with Crippen LogP contribution in [0.4, 0.5) is 0 Å². The molecule has 0 aromatic carbocycles. The van der Waals surface area contributed by atoms with Crippen molar-refractivity contribution in [2.75, 3.05) is 0 Å². The maximum absolute atomic E-state index is 2.18. The van der Waals surface area contributed by atoms with E-state index in [1.165, 1.54) is 0 Å². The Hall–Kier alpha value is -3.12. The van der Waals surface area contributed by atoms with E-state index in [9.17, 15) is 0 Å². The number of rotatable bonds is 0. The monoisotopic (exact) mass is 340 g/mol. The van der Waals surface area contributed by atoms with Gasteiger partial charge in [0.2, 0.25) is 0 Å². The number of hydrogen-bond donors (Lipinski definition) is 0. The summed E-state index contributed by atoms with van der Waals surface area (Å²) in [6, 6.07) is 0. The van der Waals surface area contributed by atoms with Crippen LogP contribution in [0.25, 0.3) is 0 Å². The fourth-order valence-electron chi connectivity index (χ4n) is 1.83. The fourth-order valence-corrected chi connectivity index (χ4v) is 1.83. The van der Waals surface area contributed by atoms with Crippen LogP contribution in [0.5, 0.6) is 0 Å². The highest BCUT2D eigenvalue weighted by molar-refractivity contribution is 5.23. The molecule has 0 radical (unpaired) electrons. The van der Waals surface area contributed by atoms with E-state index in [1.54, 1.807) is 0 Å². The predicted molar refractivity (Wildman–Crippen MR) is 119 cm³/mol. The van der Waals surface area contributed by atoms with Crippen LogP contribution >= 0.6 is 0 Å². The van der Waals surface area contributed by atoms with Crippen molar-refractivity contribution in [2.24, 2.45) is 0 Å². The summed E-state index contributed by atoms with van der Waals surface area (Å²) in [5.74, 6) is 0. The molecule has 0 fully saturated rings. The third kappa shape index (κ3) is 15.8. The fraction of sp³-hybridized carbons (Fsp3) is 0.0769. The Bertz CT molecular complexity index is 628. The Labute approximate surface area is 159 Å². The maximum Gasteiger partial charge on any atom is -0.0313 e. The van der Waals surface area contributed by atoms with Gasteiger partial charge in [0.25, 0.3) is 0 Å². The highest BCUT2D eigenvalue weighted by atomic mass is 13.8. The summed E-state index contributed by atoms with van der Waals surface area (Å²) < 4.78 is 0. The first-order valence-corrected chi connectivity index (χ1v) is 8.98. The molecule has 132 valence electrons. The number of hydrogen-bond acceptors (Lipinski definition) is 0. The van der Waals surface area contributed by atoms with Crippen molar-refractivity contribution in [3.8, 4) is 0 Å². The molecule has 0 heteroatoms. The zero-order valence-electron chi connectivity index (χ0n) is 15.3. The molecule has 1 aliphatic rings. The molecule has 0 saturated carbocycles. The first-order chi connectivity index (χ1) is 13.0. The van der Waals surface area contributed by atoms with Crippen molar-refractivity contribution < 1.29 is 0 Å². The van der Waals surface area contributed by atoms with Crippen LogP contribution < -0.4 is 0 Å². The van der Waals surface area contributed by atoms with Crippen LogP contribution in [-0.4, -0.2) is 0 Å². The highest BCUT2D eigenvalue weighted by Crippen LogP contribution is 1.94. The van der Waals surface area contributed by atoms with E-state index in [2.05, 4.69) is 36.5 Å². The Morgan fingerprint density at radius 2 is 0.346 bits per heavy atom. The van der Waals surface area contributed by atoms with Crippen LogP contribution in [0.1, 0.15) is 12.8 Å². The summed E-state index contributed by atoms with van der Waals surface area (Å²) in [6.07, 6.45) is 51.0. The van der Waals surface area contributed by atoms with Crippen molar-refractivity contribution in [3.63, 3.8) is 0 Å². The van der Waals surface area contributed by atoms with Crippen molar-refractivity contribution in [3.05, 3.63) is 146 Å². The van der Waals surface area contributed by atoms with Crippen LogP contribution in [-0.2, 0) is 0 Å². The summed E-state index contributed by atoms with van der Waals surface area (Å²) >= 11 is 0. The van der Waals surface area contributed by atoms with E-state index in [4.69, 9.17) is 0 Å². The second-order valence-electron chi connectivity index (χ2n) is 5.28. The first kappa shape index (κ1) is 20.9. The molecule has 0 aliphatic heterocycles. The van der Waals surface area contributed by atoms with Crippen molar-refractivity contribution >= 4 is 0 Å². The van der Waals surface area contributed by atoms with Gasteiger partial charge in [0.1, 0.15) is 0 Å². The smallest absolute Gasteiger partial charge is 0.0313 e. The van der Waals surface area contributed by atoms with E-state index < -0.39 is 0 Å². The van der Waals surface area contributed by atoms with Gasteiger partial charge < -0.3 is 0 Å². The second-order valence-corrected chi connectivity index (χ2v) is 5.28. The molecule has 0 bridgehead atoms. The topological polar surface area (TPSA) is 0 Å². The van der Waals surface area contributed by atoms with E-state index in [0.29, 0.717) is 0 Å². The molecule has 0 N–H and O–H groups in total. The van der Waals surface area contributed by atoms with E-state index in [1.807, 2.05) is 109 Å². The van der Waals surface area contributed by atoms with Gasteiger partial charge in [-0.2, -0.15) is 0 Å². The first-order valence-electron chi connectivity index (χ1n) is 8.98.